The number of aryl methyl sites for hydroxylation is 5. The standard InChI is InChI=1S/C21H23N9O3/c1-11-6-12(2)23-20(22-11)30-17(8-14(4)27-30)26-18(31)10-33-19(32)9-16-25-21-24-13(3)7-15(5)29(21)28-16/h6-8H,9-10H2,1-5H3,(H,26,31). The smallest absolute Gasteiger partial charge is 0.314 e. The zero-order chi connectivity index (χ0) is 23.7. The number of carbonyl (C=O) groups is 2. The molecular weight excluding hydrogens is 426 g/mol. The van der Waals surface area contributed by atoms with Crippen LogP contribution in [0.1, 0.15) is 34.3 Å². The lowest BCUT2D eigenvalue weighted by molar-refractivity contribution is -0.146. The van der Waals surface area contributed by atoms with Gasteiger partial charge in [0.15, 0.2) is 12.4 Å². The second-order valence-electron chi connectivity index (χ2n) is 7.70. The summed E-state index contributed by atoms with van der Waals surface area (Å²) in [7, 11) is 0. The van der Waals surface area contributed by atoms with Crippen LogP contribution in [0.5, 0.6) is 0 Å². The third-order valence-electron chi connectivity index (χ3n) is 4.59. The monoisotopic (exact) mass is 449 g/mol. The van der Waals surface area contributed by atoms with Crippen LogP contribution in [0.4, 0.5) is 5.82 Å². The number of ether oxygens (including phenoxy) is 1. The number of hydrogen-bond acceptors (Lipinski definition) is 9. The van der Waals surface area contributed by atoms with Crippen molar-refractivity contribution in [3.05, 3.63) is 52.5 Å². The zero-order valence-electron chi connectivity index (χ0n) is 18.9. The summed E-state index contributed by atoms with van der Waals surface area (Å²) in [6.45, 7) is 8.74. The van der Waals surface area contributed by atoms with E-state index in [0.717, 1.165) is 22.8 Å². The van der Waals surface area contributed by atoms with Gasteiger partial charge in [0.1, 0.15) is 12.2 Å². The Bertz CT molecular complexity index is 1350. The maximum Gasteiger partial charge on any atom is 0.314 e. The molecule has 1 amide bonds. The number of nitrogens with zero attached hydrogens (tertiary/aromatic N) is 8. The van der Waals surface area contributed by atoms with Crippen LogP contribution in [0.25, 0.3) is 11.7 Å². The molecule has 0 aliphatic heterocycles. The number of fused-ring (bicyclic) bond motifs is 1. The number of aromatic nitrogens is 8. The second-order valence-corrected chi connectivity index (χ2v) is 7.70. The van der Waals surface area contributed by atoms with E-state index in [9.17, 15) is 9.59 Å². The number of carbonyl (C=O) groups excluding carboxylic acids is 2. The van der Waals surface area contributed by atoms with E-state index in [4.69, 9.17) is 4.74 Å². The van der Waals surface area contributed by atoms with Gasteiger partial charge in [-0.05, 0) is 46.8 Å². The Hall–Kier alpha value is -4.22. The lowest BCUT2D eigenvalue weighted by Crippen LogP contribution is -2.23. The molecule has 4 aromatic rings. The van der Waals surface area contributed by atoms with Crippen molar-refractivity contribution in [2.24, 2.45) is 0 Å². The van der Waals surface area contributed by atoms with Gasteiger partial charge in [-0.15, -0.1) is 5.10 Å². The molecule has 0 aromatic carbocycles. The summed E-state index contributed by atoms with van der Waals surface area (Å²) in [5.74, 6) is 0.234. The number of anilines is 1. The van der Waals surface area contributed by atoms with Crippen LogP contribution >= 0.6 is 0 Å². The van der Waals surface area contributed by atoms with Crippen LogP contribution in [-0.2, 0) is 20.7 Å². The Labute approximate surface area is 189 Å². The van der Waals surface area contributed by atoms with Gasteiger partial charge in [0.05, 0.1) is 5.69 Å². The molecule has 4 rings (SSSR count). The molecule has 0 saturated carbocycles. The first-order valence-corrected chi connectivity index (χ1v) is 10.2. The van der Waals surface area contributed by atoms with Gasteiger partial charge in [0, 0.05) is 28.8 Å². The van der Waals surface area contributed by atoms with Gasteiger partial charge in [-0.25, -0.2) is 19.5 Å². The topological polar surface area (TPSA) is 142 Å². The Balaban J connectivity index is 1.39. The molecule has 0 atom stereocenters. The molecule has 0 aliphatic carbocycles. The van der Waals surface area contributed by atoms with Crippen LogP contribution in [0, 0.1) is 34.6 Å². The number of hydrogen-bond donors (Lipinski definition) is 1. The van der Waals surface area contributed by atoms with E-state index in [-0.39, 0.29) is 12.2 Å². The van der Waals surface area contributed by atoms with Crippen molar-refractivity contribution in [1.29, 1.82) is 0 Å². The Morgan fingerprint density at radius 3 is 2.30 bits per heavy atom. The van der Waals surface area contributed by atoms with E-state index in [1.807, 2.05) is 39.8 Å². The van der Waals surface area contributed by atoms with Crippen LogP contribution in [0.15, 0.2) is 18.2 Å². The highest BCUT2D eigenvalue weighted by atomic mass is 16.5. The molecule has 0 fully saturated rings. The summed E-state index contributed by atoms with van der Waals surface area (Å²) < 4.78 is 8.09. The van der Waals surface area contributed by atoms with Crippen molar-refractivity contribution in [2.45, 2.75) is 41.0 Å². The maximum absolute atomic E-state index is 12.4. The molecule has 0 spiro atoms. The SMILES string of the molecule is Cc1cc(C)nc(-n2nc(C)cc2NC(=O)COC(=O)Cc2nc3nc(C)cc(C)n3n2)n1. The average Bonchev–Trinajstić information content (AvgIpc) is 3.28. The van der Waals surface area contributed by atoms with E-state index in [0.29, 0.717) is 23.2 Å². The average molecular weight is 449 g/mol. The summed E-state index contributed by atoms with van der Waals surface area (Å²) in [5, 5.41) is 11.3. The lowest BCUT2D eigenvalue weighted by atomic mass is 10.4. The molecule has 0 radical (unpaired) electrons. The van der Waals surface area contributed by atoms with Crippen molar-refractivity contribution < 1.29 is 14.3 Å². The summed E-state index contributed by atoms with van der Waals surface area (Å²) in [5.41, 5.74) is 3.88. The highest BCUT2D eigenvalue weighted by molar-refractivity contribution is 5.92. The number of amides is 1. The largest absolute Gasteiger partial charge is 0.455 e. The fraction of sp³-hybridized carbons (Fsp3) is 0.333. The van der Waals surface area contributed by atoms with Gasteiger partial charge in [-0.2, -0.15) is 14.8 Å². The zero-order valence-corrected chi connectivity index (χ0v) is 18.9. The molecule has 0 bridgehead atoms. The quantitative estimate of drug-likeness (QED) is 0.432. The van der Waals surface area contributed by atoms with Crippen LogP contribution in [0.3, 0.4) is 0 Å². The maximum atomic E-state index is 12.4. The van der Waals surface area contributed by atoms with Crippen LogP contribution < -0.4 is 5.32 Å². The predicted octanol–water partition coefficient (Wildman–Crippen LogP) is 1.37. The van der Waals surface area contributed by atoms with Crippen molar-refractivity contribution in [3.63, 3.8) is 0 Å². The molecule has 0 saturated heterocycles. The first-order chi connectivity index (χ1) is 15.7. The summed E-state index contributed by atoms with van der Waals surface area (Å²) >= 11 is 0. The Morgan fingerprint density at radius 2 is 1.58 bits per heavy atom. The minimum absolute atomic E-state index is 0.178. The highest BCUT2D eigenvalue weighted by Crippen LogP contribution is 2.15. The fourth-order valence-corrected chi connectivity index (χ4v) is 3.33. The summed E-state index contributed by atoms with van der Waals surface area (Å²) in [6.07, 6.45) is -0.178. The first-order valence-electron chi connectivity index (χ1n) is 10.2. The van der Waals surface area contributed by atoms with Gasteiger partial charge >= 0.3 is 5.97 Å². The van der Waals surface area contributed by atoms with E-state index in [2.05, 4.69) is 35.5 Å². The van der Waals surface area contributed by atoms with Gasteiger partial charge in [-0.1, -0.05) is 0 Å². The van der Waals surface area contributed by atoms with E-state index >= 15 is 0 Å². The van der Waals surface area contributed by atoms with Gasteiger partial charge in [0.25, 0.3) is 17.6 Å². The molecule has 170 valence electrons. The van der Waals surface area contributed by atoms with Gasteiger partial charge < -0.3 is 10.1 Å². The minimum atomic E-state index is -0.627. The lowest BCUT2D eigenvalue weighted by Gasteiger charge is -2.09. The Kier molecular flexibility index (Phi) is 5.82. The molecule has 1 N–H and O–H groups in total. The Morgan fingerprint density at radius 1 is 0.879 bits per heavy atom. The number of rotatable bonds is 6. The molecule has 0 aliphatic rings. The molecule has 33 heavy (non-hydrogen) atoms. The summed E-state index contributed by atoms with van der Waals surface area (Å²) in [6, 6.07) is 5.39. The molecule has 12 nitrogen and oxygen atoms in total. The molecule has 12 heteroatoms. The molecular formula is C21H23N9O3. The fourth-order valence-electron chi connectivity index (χ4n) is 3.33. The predicted molar refractivity (Wildman–Crippen MR) is 117 cm³/mol. The van der Waals surface area contributed by atoms with Crippen LogP contribution in [-0.4, -0.2) is 57.8 Å². The first kappa shape index (κ1) is 22.0. The molecule has 4 heterocycles. The van der Waals surface area contributed by atoms with Gasteiger partial charge in [0.2, 0.25) is 0 Å². The normalized spacial score (nSPS) is 11.1. The minimum Gasteiger partial charge on any atom is -0.455 e. The molecule has 4 aromatic heterocycles. The number of esters is 1. The van der Waals surface area contributed by atoms with Crippen molar-refractivity contribution in [2.75, 3.05) is 11.9 Å². The van der Waals surface area contributed by atoms with E-state index in [1.54, 1.807) is 17.5 Å². The van der Waals surface area contributed by atoms with Crippen LogP contribution in [0.2, 0.25) is 0 Å². The van der Waals surface area contributed by atoms with Crippen molar-refractivity contribution in [3.8, 4) is 5.95 Å². The van der Waals surface area contributed by atoms with E-state index < -0.39 is 18.5 Å². The number of nitrogens with one attached hydrogen (secondary N) is 1. The third-order valence-corrected chi connectivity index (χ3v) is 4.59. The molecule has 0 unspecified atom stereocenters. The van der Waals surface area contributed by atoms with E-state index in [1.165, 1.54) is 4.68 Å². The highest BCUT2D eigenvalue weighted by Gasteiger charge is 2.17. The van der Waals surface area contributed by atoms with Crippen molar-refractivity contribution in [1.82, 2.24) is 39.3 Å². The second kappa shape index (κ2) is 8.73. The summed E-state index contributed by atoms with van der Waals surface area (Å²) in [4.78, 5) is 41.9. The van der Waals surface area contributed by atoms with Gasteiger partial charge in [-0.3, -0.25) is 9.59 Å². The van der Waals surface area contributed by atoms with Crippen molar-refractivity contribution >= 4 is 23.5 Å². The third kappa shape index (κ3) is 5.00.